The molecule has 11 nitrogen and oxygen atoms in total. The zero-order valence-electron chi connectivity index (χ0n) is 29.5. The van der Waals surface area contributed by atoms with Crippen LogP contribution >= 0.6 is 0 Å². The fourth-order valence-corrected chi connectivity index (χ4v) is 4.93. The Morgan fingerprint density at radius 2 is 0.510 bits per heavy atom. The van der Waals surface area contributed by atoms with Gasteiger partial charge in [-0.25, -0.2) is 0 Å². The van der Waals surface area contributed by atoms with Crippen LogP contribution in [0.2, 0.25) is 0 Å². The van der Waals surface area contributed by atoms with E-state index >= 15 is 0 Å². The lowest BCUT2D eigenvalue weighted by Crippen LogP contribution is -2.11. The third-order valence-electron chi connectivity index (χ3n) is 8.22. The third-order valence-corrected chi connectivity index (χ3v) is 8.22. The number of hydrogen-bond donors (Lipinski definition) is 0. The van der Waals surface area contributed by atoms with Gasteiger partial charge in [0.1, 0.15) is 64.1 Å². The number of hydrogen-bond acceptors (Lipinski definition) is 11. The first-order valence-corrected chi connectivity index (χ1v) is 18.0. The van der Waals surface area contributed by atoms with Crippen molar-refractivity contribution >= 4 is 64.1 Å². The maximum Gasteiger partial charge on any atom is 0.133 e. The Morgan fingerprint density at radius 3 is 0.755 bits per heavy atom. The lowest BCUT2D eigenvalue weighted by molar-refractivity contribution is -0.128. The number of unbranched alkanes of at least 4 members (excludes halogenated alkanes) is 3. The van der Waals surface area contributed by atoms with Crippen LogP contribution in [0, 0.1) is 0 Å². The quantitative estimate of drug-likeness (QED) is 0.0551. The summed E-state index contributed by atoms with van der Waals surface area (Å²) in [5, 5.41) is 0. The minimum Gasteiger partial charge on any atom is -0.303 e. The number of rotatable bonds is 36. The topological polar surface area (TPSA) is 188 Å². The van der Waals surface area contributed by atoms with E-state index in [0.717, 1.165) is 25.7 Å². The summed E-state index contributed by atoms with van der Waals surface area (Å²) in [7, 11) is 0. The highest BCUT2D eigenvalue weighted by atomic mass is 16.2. The van der Waals surface area contributed by atoms with E-state index in [9.17, 15) is 52.7 Å². The summed E-state index contributed by atoms with van der Waals surface area (Å²) in [5.74, 6) is -1.81. The molecule has 0 bridgehead atoms. The molecule has 0 spiro atoms. The molecule has 0 unspecified atom stereocenters. The zero-order chi connectivity index (χ0) is 36.9. The van der Waals surface area contributed by atoms with Crippen LogP contribution in [0.1, 0.15) is 174 Å². The molecule has 0 saturated carbocycles. The highest BCUT2D eigenvalue weighted by molar-refractivity contribution is 5.94. The average molecular weight is 689 g/mol. The minimum atomic E-state index is -0.272. The van der Waals surface area contributed by atoms with Crippen LogP contribution in [-0.4, -0.2) is 64.1 Å². The van der Waals surface area contributed by atoms with Gasteiger partial charge in [0.2, 0.25) is 0 Å². The Hall–Kier alpha value is -3.63. The van der Waals surface area contributed by atoms with Gasteiger partial charge < -0.3 is 4.79 Å². The summed E-state index contributed by atoms with van der Waals surface area (Å²) in [5.41, 5.74) is 0. The van der Waals surface area contributed by atoms with E-state index in [1.165, 1.54) is 0 Å². The molecule has 0 N–H and O–H groups in total. The standard InChI is InChI=1S/C38H56O11/c1-2-3-4-5-8-30(41)12-14-32(43)16-18-34(45)20-22-36(47)24-26-38(49)27-25-37(48)23-21-35(46)19-17-33(44)15-13-31(42)10-6-9-29(40)11-7-28-39/h28H,2-27H2,1H3. The van der Waals surface area contributed by atoms with E-state index in [0.29, 0.717) is 19.1 Å². The monoisotopic (exact) mass is 688 g/mol. The molecule has 0 aromatic heterocycles. The number of aldehydes is 1. The minimum absolute atomic E-state index is 0.00945. The number of ketones is 10. The first-order valence-electron chi connectivity index (χ1n) is 18.0. The molecule has 0 saturated heterocycles. The summed E-state index contributed by atoms with van der Waals surface area (Å²) in [6.45, 7) is 2.09. The molecule has 49 heavy (non-hydrogen) atoms. The van der Waals surface area contributed by atoms with Gasteiger partial charge in [0.05, 0.1) is 0 Å². The van der Waals surface area contributed by atoms with Gasteiger partial charge in [0.25, 0.3) is 0 Å². The van der Waals surface area contributed by atoms with Crippen molar-refractivity contribution in [3.8, 4) is 0 Å². The Bertz CT molecular complexity index is 1150. The fourth-order valence-electron chi connectivity index (χ4n) is 4.93. The van der Waals surface area contributed by atoms with E-state index in [2.05, 4.69) is 6.92 Å². The maximum atomic E-state index is 12.1. The van der Waals surface area contributed by atoms with E-state index in [1.54, 1.807) is 0 Å². The van der Waals surface area contributed by atoms with E-state index < -0.39 is 0 Å². The third kappa shape index (κ3) is 29.0. The summed E-state index contributed by atoms with van der Waals surface area (Å²) in [6, 6.07) is 0. The number of carbonyl (C=O) groups is 11. The first kappa shape index (κ1) is 45.4. The molecule has 0 amide bonds. The van der Waals surface area contributed by atoms with Crippen LogP contribution in [0.4, 0.5) is 0 Å². The summed E-state index contributed by atoms with van der Waals surface area (Å²) < 4.78 is 0. The molecule has 11 heteroatoms. The second-order valence-electron chi connectivity index (χ2n) is 12.8. The van der Waals surface area contributed by atoms with E-state index in [1.807, 2.05) is 0 Å². The Kier molecular flexibility index (Phi) is 27.1. The smallest absolute Gasteiger partial charge is 0.133 e. The molecule has 274 valence electrons. The Labute approximate surface area is 290 Å². The second kappa shape index (κ2) is 29.3. The SMILES string of the molecule is CCCCCCC(=O)CCC(=O)CCC(=O)CCC(=O)CCC(=O)CCC(=O)CCC(=O)CCC(=O)CCC(=O)CCCC(=O)CCC=O. The highest BCUT2D eigenvalue weighted by Crippen LogP contribution is 2.12. The molecule has 0 radical (unpaired) electrons. The van der Waals surface area contributed by atoms with Crippen molar-refractivity contribution in [1.29, 1.82) is 0 Å². The zero-order valence-corrected chi connectivity index (χ0v) is 29.5. The lowest BCUT2D eigenvalue weighted by Gasteiger charge is -2.04. The average Bonchev–Trinajstić information content (AvgIpc) is 3.08. The molecule has 0 aromatic carbocycles. The van der Waals surface area contributed by atoms with Crippen LogP contribution in [0.5, 0.6) is 0 Å². The maximum absolute atomic E-state index is 12.1. The largest absolute Gasteiger partial charge is 0.303 e. The van der Waals surface area contributed by atoms with Gasteiger partial charge in [-0.15, -0.1) is 0 Å². The Balaban J connectivity index is 3.94. The molecule has 0 heterocycles. The van der Waals surface area contributed by atoms with Crippen molar-refractivity contribution in [3.63, 3.8) is 0 Å². The van der Waals surface area contributed by atoms with Crippen LogP contribution in [0.15, 0.2) is 0 Å². The van der Waals surface area contributed by atoms with Crippen LogP contribution in [0.3, 0.4) is 0 Å². The summed E-state index contributed by atoms with van der Waals surface area (Å²) >= 11 is 0. The molecule has 0 aliphatic carbocycles. The van der Waals surface area contributed by atoms with Gasteiger partial charge in [-0.3, -0.25) is 47.9 Å². The highest BCUT2D eigenvalue weighted by Gasteiger charge is 2.15. The molecule has 0 aromatic rings. The molecular weight excluding hydrogens is 632 g/mol. The second-order valence-corrected chi connectivity index (χ2v) is 12.8. The van der Waals surface area contributed by atoms with E-state index in [-0.39, 0.29) is 186 Å². The van der Waals surface area contributed by atoms with Gasteiger partial charge in [-0.2, -0.15) is 0 Å². The van der Waals surface area contributed by atoms with Crippen LogP contribution in [-0.2, 0) is 52.7 Å². The summed E-state index contributed by atoms with van der Waals surface area (Å²) in [4.78, 5) is 130. The van der Waals surface area contributed by atoms with Gasteiger partial charge >= 0.3 is 0 Å². The van der Waals surface area contributed by atoms with Gasteiger partial charge in [0.15, 0.2) is 0 Å². The number of Topliss-reactive ketones (excluding diaryl/α,β-unsaturated/α-hetero) is 10. The van der Waals surface area contributed by atoms with Crippen LogP contribution < -0.4 is 0 Å². The number of carbonyl (C=O) groups excluding carboxylic acids is 11. The van der Waals surface area contributed by atoms with Crippen molar-refractivity contribution in [2.24, 2.45) is 0 Å². The predicted octanol–water partition coefficient (Wildman–Crippen LogP) is 6.04. The van der Waals surface area contributed by atoms with Crippen molar-refractivity contribution < 1.29 is 52.7 Å². The van der Waals surface area contributed by atoms with Crippen LogP contribution in [0.25, 0.3) is 0 Å². The molecule has 0 rings (SSSR count). The molecule has 0 aliphatic heterocycles. The van der Waals surface area contributed by atoms with Crippen molar-refractivity contribution in [2.75, 3.05) is 0 Å². The van der Waals surface area contributed by atoms with E-state index in [4.69, 9.17) is 0 Å². The molecule has 0 fully saturated rings. The predicted molar refractivity (Wildman–Crippen MR) is 182 cm³/mol. The molecule has 0 aliphatic rings. The molecule has 0 atom stereocenters. The first-order chi connectivity index (χ1) is 23.4. The van der Waals surface area contributed by atoms with Gasteiger partial charge in [-0.05, 0) is 12.8 Å². The van der Waals surface area contributed by atoms with Crippen molar-refractivity contribution in [2.45, 2.75) is 174 Å². The summed E-state index contributed by atoms with van der Waals surface area (Å²) in [6.07, 6.45) is 6.32. The normalized spacial score (nSPS) is 10.7. The molecular formula is C38H56O11. The van der Waals surface area contributed by atoms with Crippen molar-refractivity contribution in [3.05, 3.63) is 0 Å². The Morgan fingerprint density at radius 1 is 0.286 bits per heavy atom. The van der Waals surface area contributed by atoms with Gasteiger partial charge in [-0.1, -0.05) is 26.2 Å². The van der Waals surface area contributed by atoms with Crippen molar-refractivity contribution in [1.82, 2.24) is 0 Å². The van der Waals surface area contributed by atoms with Gasteiger partial charge in [0, 0.05) is 135 Å². The lowest BCUT2D eigenvalue weighted by atomic mass is 9.99. The fraction of sp³-hybridized carbons (Fsp3) is 0.711.